The van der Waals surface area contributed by atoms with Gasteiger partial charge in [0.15, 0.2) is 0 Å². The van der Waals surface area contributed by atoms with Crippen LogP contribution in [0.2, 0.25) is 0 Å². The molecule has 0 aliphatic heterocycles. The number of tetrazole rings is 1. The lowest BCUT2D eigenvalue weighted by molar-refractivity contribution is -0.122. The molecular weight excluding hydrogens is 328 g/mol. The minimum absolute atomic E-state index is 0.0223. The fourth-order valence-electron chi connectivity index (χ4n) is 2.27. The summed E-state index contributed by atoms with van der Waals surface area (Å²) in [6, 6.07) is 7.76. The van der Waals surface area contributed by atoms with Gasteiger partial charge in [0.2, 0.25) is 10.7 Å². The molecule has 1 aliphatic carbocycles. The maximum absolute atomic E-state index is 11.8. The van der Waals surface area contributed by atoms with Crippen molar-refractivity contribution in [3.05, 3.63) is 29.0 Å². The smallest absolute Gasteiger partial charge is 0.234 e. The molecule has 1 amide bonds. The number of hydrogen-bond acceptors (Lipinski definition) is 6. The molecule has 1 fully saturated rings. The molecule has 8 nitrogen and oxygen atoms in total. The predicted octanol–water partition coefficient (Wildman–Crippen LogP) is 0.975. The van der Waals surface area contributed by atoms with Crippen LogP contribution in [-0.4, -0.2) is 57.3 Å². The van der Waals surface area contributed by atoms with E-state index in [0.29, 0.717) is 24.0 Å². The summed E-state index contributed by atoms with van der Waals surface area (Å²) in [5.41, 5.74) is 0.807. The Kier molecular flexibility index (Phi) is 4.91. The van der Waals surface area contributed by atoms with Gasteiger partial charge in [-0.1, -0.05) is 0 Å². The van der Waals surface area contributed by atoms with Crippen LogP contribution >= 0.6 is 12.2 Å². The first-order chi connectivity index (χ1) is 11.6. The summed E-state index contributed by atoms with van der Waals surface area (Å²) in [7, 11) is 3.47. The van der Waals surface area contributed by atoms with Crippen LogP contribution in [0.25, 0.3) is 5.69 Å². The molecule has 0 bridgehead atoms. The van der Waals surface area contributed by atoms with Gasteiger partial charge in [-0.15, -0.1) is 0 Å². The molecule has 2 aromatic rings. The molecule has 24 heavy (non-hydrogen) atoms. The number of benzene rings is 1. The van der Waals surface area contributed by atoms with Crippen LogP contribution in [0.4, 0.5) is 0 Å². The standard InChI is InChI=1S/C15H20N6O2S/c1-19(9-14(22)16-11-3-4-11)10-20-15(24)21(18-17-20)12-5-7-13(23-2)8-6-12/h5-8,11H,3-4,9-10H2,1-2H3,(H,16,22). The Balaban J connectivity index is 1.65. The lowest BCUT2D eigenvalue weighted by Crippen LogP contribution is -2.37. The maximum Gasteiger partial charge on any atom is 0.234 e. The van der Waals surface area contributed by atoms with Crippen molar-refractivity contribution in [1.29, 1.82) is 0 Å². The van der Waals surface area contributed by atoms with Gasteiger partial charge in [-0.05, 0) is 66.8 Å². The molecule has 0 saturated heterocycles. The second kappa shape index (κ2) is 7.10. The monoisotopic (exact) mass is 348 g/mol. The number of carbonyl (C=O) groups is 1. The minimum atomic E-state index is 0.0223. The van der Waals surface area contributed by atoms with E-state index in [4.69, 9.17) is 17.0 Å². The average Bonchev–Trinajstić information content (AvgIpc) is 3.30. The zero-order valence-electron chi connectivity index (χ0n) is 13.7. The fourth-order valence-corrected chi connectivity index (χ4v) is 2.51. The third kappa shape index (κ3) is 3.98. The third-order valence-electron chi connectivity index (χ3n) is 3.69. The lowest BCUT2D eigenvalue weighted by Gasteiger charge is -2.15. The Hall–Kier alpha value is -2.26. The molecule has 3 rings (SSSR count). The van der Waals surface area contributed by atoms with Crippen molar-refractivity contribution in [1.82, 2.24) is 30.0 Å². The van der Waals surface area contributed by atoms with E-state index in [0.717, 1.165) is 24.3 Å². The summed E-state index contributed by atoms with van der Waals surface area (Å²) in [5, 5.41) is 11.1. The highest BCUT2D eigenvalue weighted by Gasteiger charge is 2.23. The lowest BCUT2D eigenvalue weighted by atomic mass is 10.3. The number of methoxy groups -OCH3 is 1. The molecule has 0 spiro atoms. The third-order valence-corrected chi connectivity index (χ3v) is 4.07. The molecule has 0 unspecified atom stereocenters. The van der Waals surface area contributed by atoms with Gasteiger partial charge in [0.25, 0.3) is 0 Å². The summed E-state index contributed by atoms with van der Waals surface area (Å²) < 4.78 is 8.77. The van der Waals surface area contributed by atoms with Crippen LogP contribution in [-0.2, 0) is 11.5 Å². The first-order valence-electron chi connectivity index (χ1n) is 7.72. The van der Waals surface area contributed by atoms with Crippen LogP contribution in [0, 0.1) is 4.77 Å². The van der Waals surface area contributed by atoms with Crippen LogP contribution in [0.5, 0.6) is 5.75 Å². The van der Waals surface area contributed by atoms with E-state index in [1.807, 2.05) is 36.2 Å². The van der Waals surface area contributed by atoms with Crippen LogP contribution in [0.3, 0.4) is 0 Å². The van der Waals surface area contributed by atoms with Crippen LogP contribution in [0.15, 0.2) is 24.3 Å². The van der Waals surface area contributed by atoms with Gasteiger partial charge in [0.05, 0.1) is 26.0 Å². The number of rotatable bonds is 7. The van der Waals surface area contributed by atoms with Crippen molar-refractivity contribution in [3.63, 3.8) is 0 Å². The minimum Gasteiger partial charge on any atom is -0.497 e. The van der Waals surface area contributed by atoms with E-state index in [9.17, 15) is 4.79 Å². The fraction of sp³-hybridized carbons (Fsp3) is 0.467. The van der Waals surface area contributed by atoms with Crippen LogP contribution < -0.4 is 10.1 Å². The molecule has 1 aliphatic rings. The first kappa shape index (κ1) is 16.6. The largest absolute Gasteiger partial charge is 0.497 e. The number of ether oxygens (including phenoxy) is 1. The molecule has 1 heterocycles. The van der Waals surface area contributed by atoms with Crippen molar-refractivity contribution < 1.29 is 9.53 Å². The number of aromatic nitrogens is 4. The number of amides is 1. The van der Waals surface area contributed by atoms with Crippen LogP contribution in [0.1, 0.15) is 12.8 Å². The molecule has 9 heteroatoms. The molecule has 1 aromatic heterocycles. The summed E-state index contributed by atoms with van der Waals surface area (Å²) in [6.45, 7) is 0.695. The Morgan fingerprint density at radius 1 is 1.38 bits per heavy atom. The number of hydrogen-bond donors (Lipinski definition) is 1. The maximum atomic E-state index is 11.8. The van der Waals surface area contributed by atoms with Gasteiger partial charge in [0, 0.05) is 6.04 Å². The van der Waals surface area contributed by atoms with Gasteiger partial charge in [-0.2, -0.15) is 4.68 Å². The normalized spacial score (nSPS) is 14.0. The van der Waals surface area contributed by atoms with Crippen molar-refractivity contribution in [2.24, 2.45) is 0 Å². The zero-order chi connectivity index (χ0) is 17.1. The van der Waals surface area contributed by atoms with E-state index < -0.39 is 0 Å². The Morgan fingerprint density at radius 2 is 2.08 bits per heavy atom. The van der Waals surface area contributed by atoms with E-state index in [2.05, 4.69) is 15.7 Å². The molecular formula is C15H20N6O2S. The van der Waals surface area contributed by atoms with Gasteiger partial charge in [-0.3, -0.25) is 9.69 Å². The second-order valence-corrected chi connectivity index (χ2v) is 6.23. The Morgan fingerprint density at radius 3 is 2.71 bits per heavy atom. The summed E-state index contributed by atoms with van der Waals surface area (Å²) in [5.74, 6) is 0.785. The topological polar surface area (TPSA) is 77.2 Å². The summed E-state index contributed by atoms with van der Waals surface area (Å²) in [4.78, 5) is 13.7. The molecule has 128 valence electrons. The molecule has 0 radical (unpaired) electrons. The van der Waals surface area contributed by atoms with E-state index >= 15 is 0 Å². The summed E-state index contributed by atoms with van der Waals surface area (Å²) in [6.07, 6.45) is 2.16. The molecule has 1 aromatic carbocycles. The number of nitrogens with zero attached hydrogens (tertiary/aromatic N) is 5. The quantitative estimate of drug-likeness (QED) is 0.752. The number of nitrogens with one attached hydrogen (secondary N) is 1. The van der Waals surface area contributed by atoms with Gasteiger partial charge in [0.1, 0.15) is 5.75 Å². The molecule has 1 N–H and O–H groups in total. The van der Waals surface area contributed by atoms with E-state index in [-0.39, 0.29) is 5.91 Å². The predicted molar refractivity (Wildman–Crippen MR) is 90.5 cm³/mol. The highest BCUT2D eigenvalue weighted by molar-refractivity contribution is 7.71. The van der Waals surface area contributed by atoms with Gasteiger partial charge < -0.3 is 10.1 Å². The Labute approximate surface area is 145 Å². The highest BCUT2D eigenvalue weighted by Crippen LogP contribution is 2.18. The summed E-state index contributed by atoms with van der Waals surface area (Å²) >= 11 is 5.42. The SMILES string of the molecule is COc1ccc(-n2nnn(CN(C)CC(=O)NC3CC3)c2=S)cc1. The number of likely N-dealkylation sites (N-methyl/N-ethyl adjacent to an activating group) is 1. The molecule has 0 atom stereocenters. The Bertz CT molecular complexity index is 765. The first-order valence-corrected chi connectivity index (χ1v) is 8.13. The van der Waals surface area contributed by atoms with Gasteiger partial charge >= 0.3 is 0 Å². The van der Waals surface area contributed by atoms with Crippen molar-refractivity contribution >= 4 is 18.1 Å². The van der Waals surface area contributed by atoms with Crippen molar-refractivity contribution in [2.45, 2.75) is 25.6 Å². The average molecular weight is 348 g/mol. The zero-order valence-corrected chi connectivity index (χ0v) is 14.5. The van der Waals surface area contributed by atoms with E-state index in [1.165, 1.54) is 0 Å². The van der Waals surface area contributed by atoms with Gasteiger partial charge in [-0.25, -0.2) is 4.68 Å². The highest BCUT2D eigenvalue weighted by atomic mass is 32.1. The van der Waals surface area contributed by atoms with E-state index in [1.54, 1.807) is 16.5 Å². The number of carbonyl (C=O) groups excluding carboxylic acids is 1. The van der Waals surface area contributed by atoms with Crippen molar-refractivity contribution in [3.8, 4) is 11.4 Å². The molecule has 1 saturated carbocycles. The van der Waals surface area contributed by atoms with Crippen molar-refractivity contribution in [2.75, 3.05) is 20.7 Å². The second-order valence-electron chi connectivity index (χ2n) is 5.87.